The summed E-state index contributed by atoms with van der Waals surface area (Å²) in [5.41, 5.74) is 1.29. The number of nitrogens with zero attached hydrogens (tertiary/aromatic N) is 2. The summed E-state index contributed by atoms with van der Waals surface area (Å²) in [6.45, 7) is 4.55. The molecule has 2 heterocycles. The van der Waals surface area contributed by atoms with E-state index in [1.807, 2.05) is 6.92 Å². The molecular weight excluding hydrogens is 273 g/mol. The molecule has 1 aliphatic heterocycles. The molecule has 6 heteroatoms. The highest BCUT2D eigenvalue weighted by atomic mass is 19.1. The molecule has 1 amide bonds. The van der Waals surface area contributed by atoms with Gasteiger partial charge in [0.25, 0.3) is 5.91 Å². The van der Waals surface area contributed by atoms with Crippen LogP contribution in [0.25, 0.3) is 11.0 Å². The summed E-state index contributed by atoms with van der Waals surface area (Å²) >= 11 is 0. The summed E-state index contributed by atoms with van der Waals surface area (Å²) in [5, 5.41) is 0. The van der Waals surface area contributed by atoms with E-state index < -0.39 is 5.82 Å². The molecule has 1 N–H and O–H groups in total. The Hall–Kier alpha value is -1.95. The van der Waals surface area contributed by atoms with Crippen LogP contribution in [0, 0.1) is 11.7 Å². The maximum atomic E-state index is 14.1. The number of halogens is 1. The third-order valence-corrected chi connectivity index (χ3v) is 3.87. The lowest BCUT2D eigenvalue weighted by atomic mass is 10.1. The van der Waals surface area contributed by atoms with Crippen molar-refractivity contribution in [3.05, 3.63) is 29.8 Å². The van der Waals surface area contributed by atoms with Gasteiger partial charge in [0, 0.05) is 31.7 Å². The van der Waals surface area contributed by atoms with Crippen molar-refractivity contribution in [3.63, 3.8) is 0 Å². The average molecular weight is 291 g/mol. The zero-order chi connectivity index (χ0) is 14.8. The molecule has 21 heavy (non-hydrogen) atoms. The molecule has 0 saturated carbocycles. The van der Waals surface area contributed by atoms with Gasteiger partial charge in [-0.2, -0.15) is 0 Å². The van der Waals surface area contributed by atoms with Crippen LogP contribution >= 0.6 is 0 Å². The molecule has 1 atom stereocenters. The first-order valence-corrected chi connectivity index (χ1v) is 7.18. The van der Waals surface area contributed by atoms with E-state index in [0.717, 1.165) is 6.42 Å². The Morgan fingerprint density at radius 2 is 2.43 bits per heavy atom. The predicted molar refractivity (Wildman–Crippen MR) is 76.6 cm³/mol. The summed E-state index contributed by atoms with van der Waals surface area (Å²) < 4.78 is 19.5. The van der Waals surface area contributed by atoms with E-state index >= 15 is 0 Å². The number of aromatic amines is 1. The lowest BCUT2D eigenvalue weighted by Gasteiger charge is -2.17. The van der Waals surface area contributed by atoms with Crippen molar-refractivity contribution in [1.29, 1.82) is 0 Å². The SMILES string of the molecule is CCOCC1CCN(C(=O)c2cc3nc[nH]c3cc2F)C1. The minimum absolute atomic E-state index is 0.0895. The summed E-state index contributed by atoms with van der Waals surface area (Å²) in [6, 6.07) is 2.84. The molecule has 0 radical (unpaired) electrons. The van der Waals surface area contributed by atoms with E-state index in [1.54, 1.807) is 4.90 Å². The van der Waals surface area contributed by atoms with Crippen molar-refractivity contribution in [2.45, 2.75) is 13.3 Å². The second-order valence-electron chi connectivity index (χ2n) is 5.32. The standard InChI is InChI=1S/C15H18FN3O2/c1-2-21-8-10-3-4-19(7-10)15(20)11-5-13-14(6-12(11)16)18-9-17-13/h5-6,9-10H,2-4,7-8H2,1H3,(H,17,18). The van der Waals surface area contributed by atoms with E-state index in [4.69, 9.17) is 4.74 Å². The number of H-pyrrole nitrogens is 1. The lowest BCUT2D eigenvalue weighted by Crippen LogP contribution is -2.30. The van der Waals surface area contributed by atoms with Crippen molar-refractivity contribution in [2.24, 2.45) is 5.92 Å². The zero-order valence-electron chi connectivity index (χ0n) is 11.9. The Labute approximate surface area is 122 Å². The molecule has 1 unspecified atom stereocenters. The van der Waals surface area contributed by atoms with Gasteiger partial charge < -0.3 is 14.6 Å². The molecule has 5 nitrogen and oxygen atoms in total. The number of amides is 1. The fourth-order valence-corrected chi connectivity index (χ4v) is 2.73. The molecule has 1 aromatic carbocycles. The number of hydrogen-bond donors (Lipinski definition) is 1. The summed E-state index contributed by atoms with van der Waals surface area (Å²) in [6.07, 6.45) is 2.39. The van der Waals surface area contributed by atoms with Crippen molar-refractivity contribution >= 4 is 16.9 Å². The van der Waals surface area contributed by atoms with E-state index in [1.165, 1.54) is 18.5 Å². The number of ether oxygens (including phenoxy) is 1. The minimum atomic E-state index is -0.509. The zero-order valence-corrected chi connectivity index (χ0v) is 11.9. The Morgan fingerprint density at radius 1 is 1.57 bits per heavy atom. The van der Waals surface area contributed by atoms with Gasteiger partial charge in [-0.05, 0) is 19.4 Å². The summed E-state index contributed by atoms with van der Waals surface area (Å²) in [4.78, 5) is 21.1. The normalized spacial score (nSPS) is 18.6. The number of rotatable bonds is 4. The number of carbonyl (C=O) groups is 1. The molecule has 2 aromatic rings. The molecule has 1 aromatic heterocycles. The van der Waals surface area contributed by atoms with Crippen LogP contribution in [-0.4, -0.2) is 47.1 Å². The number of benzene rings is 1. The predicted octanol–water partition coefficient (Wildman–Crippen LogP) is 2.20. The van der Waals surface area contributed by atoms with Gasteiger partial charge in [-0.25, -0.2) is 9.37 Å². The Kier molecular flexibility index (Phi) is 3.88. The first-order valence-electron chi connectivity index (χ1n) is 7.18. The topological polar surface area (TPSA) is 58.2 Å². The van der Waals surface area contributed by atoms with Gasteiger partial charge in [-0.3, -0.25) is 4.79 Å². The fourth-order valence-electron chi connectivity index (χ4n) is 2.73. The molecule has 0 spiro atoms. The molecule has 1 fully saturated rings. The number of imidazole rings is 1. The van der Waals surface area contributed by atoms with Gasteiger partial charge >= 0.3 is 0 Å². The van der Waals surface area contributed by atoms with E-state index in [2.05, 4.69) is 9.97 Å². The van der Waals surface area contributed by atoms with Crippen LogP contribution in [-0.2, 0) is 4.74 Å². The van der Waals surface area contributed by atoms with Crippen LogP contribution in [0.5, 0.6) is 0 Å². The van der Waals surface area contributed by atoms with Crippen LogP contribution in [0.2, 0.25) is 0 Å². The third kappa shape index (κ3) is 2.76. The van der Waals surface area contributed by atoms with Gasteiger partial charge in [0.2, 0.25) is 0 Å². The highest BCUT2D eigenvalue weighted by Crippen LogP contribution is 2.22. The second kappa shape index (κ2) is 5.81. The highest BCUT2D eigenvalue weighted by molar-refractivity contribution is 5.97. The molecule has 112 valence electrons. The van der Waals surface area contributed by atoms with Gasteiger partial charge in [0.15, 0.2) is 0 Å². The first-order chi connectivity index (χ1) is 10.2. The summed E-state index contributed by atoms with van der Waals surface area (Å²) in [5.74, 6) is -0.438. The van der Waals surface area contributed by atoms with Crippen LogP contribution in [0.4, 0.5) is 4.39 Å². The monoisotopic (exact) mass is 291 g/mol. The number of fused-ring (bicyclic) bond motifs is 1. The van der Waals surface area contributed by atoms with Crippen molar-refractivity contribution in [2.75, 3.05) is 26.3 Å². The fraction of sp³-hybridized carbons (Fsp3) is 0.467. The lowest BCUT2D eigenvalue weighted by molar-refractivity contribution is 0.0758. The minimum Gasteiger partial charge on any atom is -0.381 e. The molecule has 3 rings (SSSR count). The van der Waals surface area contributed by atoms with E-state index in [9.17, 15) is 9.18 Å². The Bertz CT molecular complexity index is 655. The number of likely N-dealkylation sites (tertiary alicyclic amines) is 1. The van der Waals surface area contributed by atoms with Crippen LogP contribution in [0.15, 0.2) is 18.5 Å². The summed E-state index contributed by atoms with van der Waals surface area (Å²) in [7, 11) is 0. The van der Waals surface area contributed by atoms with Gasteiger partial charge in [0.05, 0.1) is 29.5 Å². The number of nitrogens with one attached hydrogen (secondary N) is 1. The quantitative estimate of drug-likeness (QED) is 0.939. The maximum Gasteiger partial charge on any atom is 0.256 e. The van der Waals surface area contributed by atoms with E-state index in [-0.39, 0.29) is 11.5 Å². The van der Waals surface area contributed by atoms with Crippen LogP contribution < -0.4 is 0 Å². The molecule has 0 aliphatic carbocycles. The molecule has 1 aliphatic rings. The van der Waals surface area contributed by atoms with Crippen LogP contribution in [0.1, 0.15) is 23.7 Å². The van der Waals surface area contributed by atoms with Gasteiger partial charge in [-0.1, -0.05) is 0 Å². The third-order valence-electron chi connectivity index (χ3n) is 3.87. The number of carbonyl (C=O) groups excluding carboxylic acids is 1. The largest absolute Gasteiger partial charge is 0.381 e. The van der Waals surface area contributed by atoms with Crippen molar-refractivity contribution < 1.29 is 13.9 Å². The smallest absolute Gasteiger partial charge is 0.256 e. The number of aromatic nitrogens is 2. The Morgan fingerprint density at radius 3 is 3.24 bits per heavy atom. The maximum absolute atomic E-state index is 14.1. The van der Waals surface area contributed by atoms with Gasteiger partial charge in [0.1, 0.15) is 5.82 Å². The highest BCUT2D eigenvalue weighted by Gasteiger charge is 2.28. The Balaban J connectivity index is 1.76. The van der Waals surface area contributed by atoms with Crippen molar-refractivity contribution in [3.8, 4) is 0 Å². The van der Waals surface area contributed by atoms with Crippen molar-refractivity contribution in [1.82, 2.24) is 14.9 Å². The van der Waals surface area contributed by atoms with E-state index in [0.29, 0.717) is 43.3 Å². The molecule has 1 saturated heterocycles. The number of hydrogen-bond acceptors (Lipinski definition) is 3. The van der Waals surface area contributed by atoms with Gasteiger partial charge in [-0.15, -0.1) is 0 Å². The molecular formula is C15H18FN3O2. The first kappa shape index (κ1) is 14.0. The average Bonchev–Trinajstić information content (AvgIpc) is 3.12. The second-order valence-corrected chi connectivity index (χ2v) is 5.32. The van der Waals surface area contributed by atoms with Crippen LogP contribution in [0.3, 0.4) is 0 Å². The molecule has 0 bridgehead atoms.